The molecule has 1 unspecified atom stereocenters. The van der Waals surface area contributed by atoms with Crippen molar-refractivity contribution in [3.8, 4) is 0 Å². The van der Waals surface area contributed by atoms with Gasteiger partial charge in [0.25, 0.3) is 0 Å². The highest BCUT2D eigenvalue weighted by molar-refractivity contribution is 5.49. The van der Waals surface area contributed by atoms with Gasteiger partial charge in [0.15, 0.2) is 0 Å². The van der Waals surface area contributed by atoms with Crippen LogP contribution in [-0.4, -0.2) is 5.11 Å². The topological polar surface area (TPSA) is 20.2 Å². The molecule has 1 heteroatoms. The molecule has 2 aliphatic carbocycles. The van der Waals surface area contributed by atoms with Gasteiger partial charge in [-0.15, -0.1) is 0 Å². The lowest BCUT2D eigenvalue weighted by atomic mass is 9.61. The summed E-state index contributed by atoms with van der Waals surface area (Å²) in [7, 11) is 0. The molecule has 1 N–H and O–H groups in total. The Morgan fingerprint density at radius 3 is 1.95 bits per heavy atom. The van der Waals surface area contributed by atoms with Crippen LogP contribution in [0, 0.1) is 0 Å². The van der Waals surface area contributed by atoms with Crippen LogP contribution >= 0.6 is 0 Å². The predicted molar refractivity (Wildman–Crippen MR) is 84.3 cm³/mol. The molecule has 0 aromatic heterocycles. The number of fused-ring (bicyclic) bond motifs is 2. The molecule has 0 fully saturated rings. The zero-order chi connectivity index (χ0) is 14.7. The number of aliphatic hydroxyl groups is 1. The molecular weight excluding hydrogens is 244 g/mol. The van der Waals surface area contributed by atoms with Crippen molar-refractivity contribution in [3.63, 3.8) is 0 Å². The van der Waals surface area contributed by atoms with Gasteiger partial charge in [0.2, 0.25) is 0 Å². The normalized spacial score (nSPS) is 30.5. The Bertz CT molecular complexity index is 490. The lowest BCUT2D eigenvalue weighted by Gasteiger charge is -2.43. The molecule has 0 bridgehead atoms. The van der Waals surface area contributed by atoms with Crippen molar-refractivity contribution in [2.45, 2.75) is 83.2 Å². The Hall–Kier alpha value is -0.820. The first-order chi connectivity index (χ1) is 9.22. The van der Waals surface area contributed by atoms with E-state index < -0.39 is 0 Å². The van der Waals surface area contributed by atoms with Crippen molar-refractivity contribution in [3.05, 3.63) is 34.4 Å². The van der Waals surface area contributed by atoms with Gasteiger partial charge in [0.05, 0.1) is 6.10 Å². The van der Waals surface area contributed by atoms with Gasteiger partial charge in [-0.3, -0.25) is 0 Å². The third kappa shape index (κ3) is 2.02. The average molecular weight is 272 g/mol. The molecule has 0 spiro atoms. The Morgan fingerprint density at radius 1 is 0.900 bits per heavy atom. The molecule has 110 valence electrons. The highest BCUT2D eigenvalue weighted by Crippen LogP contribution is 2.49. The molecule has 0 heterocycles. The Kier molecular flexibility index (Phi) is 3.06. The summed E-state index contributed by atoms with van der Waals surface area (Å²) in [4.78, 5) is 0. The molecule has 1 aromatic rings. The highest BCUT2D eigenvalue weighted by Gasteiger charge is 2.39. The third-order valence-electron chi connectivity index (χ3n) is 5.82. The summed E-state index contributed by atoms with van der Waals surface area (Å²) < 4.78 is 0. The van der Waals surface area contributed by atoms with Gasteiger partial charge < -0.3 is 5.11 Å². The molecule has 0 saturated heterocycles. The minimum atomic E-state index is -0.257. The van der Waals surface area contributed by atoms with Gasteiger partial charge in [0, 0.05) is 0 Å². The lowest BCUT2D eigenvalue weighted by Crippen LogP contribution is -2.34. The second-order valence-electron chi connectivity index (χ2n) is 8.29. The number of benzene rings is 1. The Labute approximate surface area is 123 Å². The van der Waals surface area contributed by atoms with E-state index in [-0.39, 0.29) is 16.9 Å². The van der Waals surface area contributed by atoms with Crippen molar-refractivity contribution in [2.75, 3.05) is 0 Å². The Balaban J connectivity index is 2.25. The molecule has 2 atom stereocenters. The fourth-order valence-corrected chi connectivity index (χ4v) is 4.08. The lowest BCUT2D eigenvalue weighted by molar-refractivity contribution is 0.151. The SMILES string of the molecule is CC1CC[C@@H](O)c2cc3c(cc21)C(C)(C)CCC3(C)C. The van der Waals surface area contributed by atoms with Crippen LogP contribution in [0.15, 0.2) is 12.1 Å². The first-order valence-corrected chi connectivity index (χ1v) is 8.09. The molecule has 20 heavy (non-hydrogen) atoms. The van der Waals surface area contributed by atoms with Gasteiger partial charge in [0.1, 0.15) is 0 Å². The number of hydrogen-bond donors (Lipinski definition) is 1. The second kappa shape index (κ2) is 4.34. The van der Waals surface area contributed by atoms with Gasteiger partial charge in [-0.2, -0.15) is 0 Å². The monoisotopic (exact) mass is 272 g/mol. The summed E-state index contributed by atoms with van der Waals surface area (Å²) in [5, 5.41) is 10.4. The number of aliphatic hydroxyl groups excluding tert-OH is 1. The largest absolute Gasteiger partial charge is 0.388 e. The van der Waals surface area contributed by atoms with Crippen LogP contribution < -0.4 is 0 Å². The van der Waals surface area contributed by atoms with Gasteiger partial charge in [-0.05, 0) is 64.7 Å². The van der Waals surface area contributed by atoms with Crippen molar-refractivity contribution >= 4 is 0 Å². The van der Waals surface area contributed by atoms with E-state index in [9.17, 15) is 5.11 Å². The van der Waals surface area contributed by atoms with Crippen LogP contribution in [0.1, 0.15) is 94.6 Å². The zero-order valence-corrected chi connectivity index (χ0v) is 13.6. The van der Waals surface area contributed by atoms with E-state index >= 15 is 0 Å². The third-order valence-corrected chi connectivity index (χ3v) is 5.82. The first kappa shape index (κ1) is 14.1. The summed E-state index contributed by atoms with van der Waals surface area (Å²) in [5.74, 6) is 0.583. The maximum absolute atomic E-state index is 10.4. The van der Waals surface area contributed by atoms with Gasteiger partial charge in [-0.25, -0.2) is 0 Å². The summed E-state index contributed by atoms with van der Waals surface area (Å²) >= 11 is 0. The van der Waals surface area contributed by atoms with E-state index in [0.29, 0.717) is 5.92 Å². The quantitative estimate of drug-likeness (QED) is 0.707. The van der Waals surface area contributed by atoms with Crippen LogP contribution in [0.4, 0.5) is 0 Å². The van der Waals surface area contributed by atoms with Crippen LogP contribution in [0.25, 0.3) is 0 Å². The van der Waals surface area contributed by atoms with E-state index in [1.807, 2.05) is 0 Å². The number of rotatable bonds is 0. The fraction of sp³-hybridized carbons (Fsp3) is 0.684. The molecule has 2 aliphatic rings. The minimum absolute atomic E-state index is 0.236. The molecular formula is C19H28O. The van der Waals surface area contributed by atoms with E-state index in [4.69, 9.17) is 0 Å². The Morgan fingerprint density at radius 2 is 1.40 bits per heavy atom. The van der Waals surface area contributed by atoms with Crippen LogP contribution in [0.5, 0.6) is 0 Å². The molecule has 0 saturated carbocycles. The van der Waals surface area contributed by atoms with Crippen molar-refractivity contribution in [1.82, 2.24) is 0 Å². The smallest absolute Gasteiger partial charge is 0.0793 e. The van der Waals surface area contributed by atoms with E-state index in [1.54, 1.807) is 0 Å². The molecule has 0 aliphatic heterocycles. The number of hydrogen-bond acceptors (Lipinski definition) is 1. The van der Waals surface area contributed by atoms with E-state index in [2.05, 4.69) is 46.8 Å². The second-order valence-corrected chi connectivity index (χ2v) is 8.29. The van der Waals surface area contributed by atoms with Crippen molar-refractivity contribution in [1.29, 1.82) is 0 Å². The standard InChI is InChI=1S/C19H28O/c1-12-6-7-17(20)14-11-16-15(10-13(12)14)18(2,3)8-9-19(16,4)5/h10-12,17,20H,6-9H2,1-5H3/t12?,17-/m1/s1. The maximum Gasteiger partial charge on any atom is 0.0793 e. The van der Waals surface area contributed by atoms with Gasteiger partial charge in [-0.1, -0.05) is 46.8 Å². The van der Waals surface area contributed by atoms with Crippen molar-refractivity contribution in [2.24, 2.45) is 0 Å². The maximum atomic E-state index is 10.4. The molecule has 3 rings (SSSR count). The molecule has 1 nitrogen and oxygen atoms in total. The van der Waals surface area contributed by atoms with Crippen LogP contribution in [0.3, 0.4) is 0 Å². The summed E-state index contributed by atoms with van der Waals surface area (Å²) in [6.07, 6.45) is 4.25. The summed E-state index contributed by atoms with van der Waals surface area (Å²) in [6.45, 7) is 11.8. The summed E-state index contributed by atoms with van der Waals surface area (Å²) in [5.41, 5.74) is 6.10. The fourth-order valence-electron chi connectivity index (χ4n) is 4.08. The van der Waals surface area contributed by atoms with Gasteiger partial charge >= 0.3 is 0 Å². The summed E-state index contributed by atoms with van der Waals surface area (Å²) in [6, 6.07) is 4.77. The van der Waals surface area contributed by atoms with E-state index in [1.165, 1.54) is 35.1 Å². The van der Waals surface area contributed by atoms with Crippen LogP contribution in [-0.2, 0) is 10.8 Å². The van der Waals surface area contributed by atoms with E-state index in [0.717, 1.165) is 12.8 Å². The molecule has 0 radical (unpaired) electrons. The first-order valence-electron chi connectivity index (χ1n) is 8.09. The zero-order valence-electron chi connectivity index (χ0n) is 13.6. The molecule has 1 aromatic carbocycles. The van der Waals surface area contributed by atoms with Crippen LogP contribution in [0.2, 0.25) is 0 Å². The minimum Gasteiger partial charge on any atom is -0.388 e. The van der Waals surface area contributed by atoms with Crippen molar-refractivity contribution < 1.29 is 5.11 Å². The average Bonchev–Trinajstić information content (AvgIpc) is 2.39. The molecule has 0 amide bonds. The predicted octanol–water partition coefficient (Wildman–Crippen LogP) is 4.97. The highest BCUT2D eigenvalue weighted by atomic mass is 16.3.